The van der Waals surface area contributed by atoms with Crippen LogP contribution in [0.4, 0.5) is 10.3 Å². The maximum atomic E-state index is 14.8. The van der Waals surface area contributed by atoms with E-state index in [1.807, 2.05) is 42.2 Å². The van der Waals surface area contributed by atoms with Gasteiger partial charge in [0.25, 0.3) is 17.6 Å². The third kappa shape index (κ3) is 3.78. The summed E-state index contributed by atoms with van der Waals surface area (Å²) >= 11 is 0. The third-order valence-corrected chi connectivity index (χ3v) is 6.35. The summed E-state index contributed by atoms with van der Waals surface area (Å²) in [4.78, 5) is 36.8. The van der Waals surface area contributed by atoms with E-state index in [-0.39, 0.29) is 41.4 Å². The number of rotatable bonds is 5. The Balaban J connectivity index is 1.23. The molecule has 1 atom stereocenters. The summed E-state index contributed by atoms with van der Waals surface area (Å²) in [6.45, 7) is 2.88. The van der Waals surface area contributed by atoms with E-state index in [4.69, 9.17) is 0 Å². The summed E-state index contributed by atoms with van der Waals surface area (Å²) in [6.07, 6.45) is 5.31. The van der Waals surface area contributed by atoms with Gasteiger partial charge in [-0.05, 0) is 29.5 Å². The van der Waals surface area contributed by atoms with E-state index in [0.717, 1.165) is 11.9 Å². The van der Waals surface area contributed by atoms with Crippen LogP contribution in [0.5, 0.6) is 0 Å². The van der Waals surface area contributed by atoms with Gasteiger partial charge in [0.15, 0.2) is 11.6 Å². The standard InChI is InChI=1S/C23H20FN11O2/c1-14-13-32(9-10-33(14)23-28-29-31-35(23)15-5-3-2-4-6-15)22(37)20(36)16-11-25-19-18(16)17(24)12-26-21(19)34-8-7-27-30-34/h2-8,11-12,14,25H,9-10,13H2,1H3/t14-/m0/s1. The lowest BCUT2D eigenvalue weighted by Crippen LogP contribution is -2.55. The number of nitrogens with one attached hydrogen (secondary N) is 1. The van der Waals surface area contributed by atoms with Crippen molar-refractivity contribution in [3.63, 3.8) is 0 Å². The summed E-state index contributed by atoms with van der Waals surface area (Å²) in [5.74, 6) is -1.44. The molecule has 5 aromatic rings. The Labute approximate surface area is 208 Å². The van der Waals surface area contributed by atoms with E-state index >= 15 is 0 Å². The van der Waals surface area contributed by atoms with E-state index in [2.05, 4.69) is 35.8 Å². The molecule has 4 aromatic heterocycles. The second-order valence-electron chi connectivity index (χ2n) is 8.58. The van der Waals surface area contributed by atoms with Gasteiger partial charge in [0.1, 0.15) is 0 Å². The Morgan fingerprint density at radius 3 is 2.73 bits per heavy atom. The molecule has 0 bridgehead atoms. The highest BCUT2D eigenvalue weighted by molar-refractivity contribution is 6.45. The molecular weight excluding hydrogens is 481 g/mol. The predicted octanol–water partition coefficient (Wildman–Crippen LogP) is 1.18. The van der Waals surface area contributed by atoms with Gasteiger partial charge in [-0.1, -0.05) is 28.5 Å². The van der Waals surface area contributed by atoms with E-state index in [0.29, 0.717) is 12.5 Å². The number of aromatic amines is 1. The first-order valence-electron chi connectivity index (χ1n) is 11.5. The molecule has 186 valence electrons. The first-order valence-corrected chi connectivity index (χ1v) is 11.5. The topological polar surface area (TPSA) is 144 Å². The molecule has 0 saturated carbocycles. The average Bonchev–Trinajstić information content (AvgIpc) is 3.70. The smallest absolute Gasteiger partial charge is 0.295 e. The molecule has 1 saturated heterocycles. The number of aromatic nitrogens is 9. The second kappa shape index (κ2) is 8.89. The number of anilines is 1. The van der Waals surface area contributed by atoms with Crippen LogP contribution < -0.4 is 4.90 Å². The number of nitrogens with zero attached hydrogens (tertiary/aromatic N) is 10. The molecule has 1 aliphatic heterocycles. The zero-order valence-corrected chi connectivity index (χ0v) is 19.6. The van der Waals surface area contributed by atoms with E-state index < -0.39 is 17.5 Å². The van der Waals surface area contributed by atoms with Crippen LogP contribution in [0.1, 0.15) is 17.3 Å². The number of Topliss-reactive ketones (excluding diaryl/α,β-unsaturated/α-hetero) is 1. The number of para-hydroxylation sites is 1. The zero-order chi connectivity index (χ0) is 25.5. The maximum Gasteiger partial charge on any atom is 0.295 e. The highest BCUT2D eigenvalue weighted by Crippen LogP contribution is 2.27. The minimum atomic E-state index is -0.810. The number of fused-ring (bicyclic) bond motifs is 1. The van der Waals surface area contributed by atoms with Gasteiger partial charge >= 0.3 is 0 Å². The number of halogens is 1. The Morgan fingerprint density at radius 1 is 1.14 bits per heavy atom. The summed E-state index contributed by atoms with van der Waals surface area (Å²) < 4.78 is 17.8. The molecule has 1 amide bonds. The Kier molecular flexibility index (Phi) is 5.40. The third-order valence-electron chi connectivity index (χ3n) is 6.35. The van der Waals surface area contributed by atoms with Gasteiger partial charge in [-0.3, -0.25) is 9.59 Å². The normalized spacial score (nSPS) is 15.9. The molecule has 1 aromatic carbocycles. The molecule has 0 radical (unpaired) electrons. The fourth-order valence-electron chi connectivity index (χ4n) is 4.56. The summed E-state index contributed by atoms with van der Waals surface area (Å²) in [5, 5.41) is 19.7. The van der Waals surface area contributed by atoms with E-state index in [9.17, 15) is 14.0 Å². The van der Waals surface area contributed by atoms with Gasteiger partial charge in [0, 0.05) is 31.9 Å². The fraction of sp³-hybridized carbons (Fsp3) is 0.217. The minimum absolute atomic E-state index is 0.0208. The number of hydrogen-bond donors (Lipinski definition) is 1. The number of pyridine rings is 1. The molecule has 0 unspecified atom stereocenters. The minimum Gasteiger partial charge on any atom is -0.357 e. The van der Waals surface area contributed by atoms with Crippen molar-refractivity contribution >= 4 is 28.5 Å². The Morgan fingerprint density at radius 2 is 1.97 bits per heavy atom. The number of benzene rings is 1. The second-order valence-corrected chi connectivity index (χ2v) is 8.58. The molecule has 1 N–H and O–H groups in total. The lowest BCUT2D eigenvalue weighted by atomic mass is 10.1. The van der Waals surface area contributed by atoms with Crippen molar-refractivity contribution in [2.75, 3.05) is 24.5 Å². The van der Waals surface area contributed by atoms with Crippen molar-refractivity contribution < 1.29 is 14.0 Å². The summed E-state index contributed by atoms with van der Waals surface area (Å²) in [5.41, 5.74) is 0.987. The molecule has 13 nitrogen and oxygen atoms in total. The van der Waals surface area contributed by atoms with Crippen LogP contribution in [0, 0.1) is 5.82 Å². The number of amides is 1. The molecule has 37 heavy (non-hydrogen) atoms. The quantitative estimate of drug-likeness (QED) is 0.277. The van der Waals surface area contributed by atoms with Gasteiger partial charge in [-0.25, -0.2) is 14.1 Å². The first kappa shape index (κ1) is 22.5. The van der Waals surface area contributed by atoms with Gasteiger partial charge in [0.2, 0.25) is 0 Å². The number of tetrazole rings is 1. The molecule has 1 fully saturated rings. The lowest BCUT2D eigenvalue weighted by molar-refractivity contribution is -0.127. The SMILES string of the molecule is C[C@H]1CN(C(=O)C(=O)c2c[nH]c3c(-n4ccnn4)ncc(F)c23)CCN1c1nnnn1-c1ccccc1. The van der Waals surface area contributed by atoms with Crippen molar-refractivity contribution in [3.8, 4) is 11.5 Å². The summed E-state index contributed by atoms with van der Waals surface area (Å²) in [7, 11) is 0. The zero-order valence-electron chi connectivity index (χ0n) is 19.6. The lowest BCUT2D eigenvalue weighted by Gasteiger charge is -2.39. The largest absolute Gasteiger partial charge is 0.357 e. The van der Waals surface area contributed by atoms with Crippen molar-refractivity contribution in [1.82, 2.24) is 50.1 Å². The van der Waals surface area contributed by atoms with Crippen LogP contribution in [0.2, 0.25) is 0 Å². The van der Waals surface area contributed by atoms with Crippen LogP contribution in [-0.4, -0.2) is 87.4 Å². The van der Waals surface area contributed by atoms with Crippen LogP contribution in [0.15, 0.2) is 55.1 Å². The van der Waals surface area contributed by atoms with Crippen molar-refractivity contribution in [3.05, 3.63) is 66.5 Å². The molecule has 6 rings (SSSR count). The molecule has 14 heteroatoms. The van der Waals surface area contributed by atoms with Crippen LogP contribution in [0.3, 0.4) is 0 Å². The van der Waals surface area contributed by atoms with Crippen LogP contribution >= 0.6 is 0 Å². The van der Waals surface area contributed by atoms with Gasteiger partial charge in [0.05, 0.1) is 40.7 Å². The summed E-state index contributed by atoms with van der Waals surface area (Å²) in [6, 6.07) is 9.31. The Bertz CT molecular complexity index is 1600. The highest BCUT2D eigenvalue weighted by atomic mass is 19.1. The van der Waals surface area contributed by atoms with Gasteiger partial charge < -0.3 is 14.8 Å². The molecule has 0 aliphatic carbocycles. The molecular formula is C23H20FN11O2. The number of ketones is 1. The fourth-order valence-corrected chi connectivity index (χ4v) is 4.56. The molecule has 5 heterocycles. The van der Waals surface area contributed by atoms with E-state index in [1.54, 1.807) is 10.9 Å². The van der Waals surface area contributed by atoms with Crippen molar-refractivity contribution in [2.24, 2.45) is 0 Å². The number of hydrogen-bond acceptors (Lipinski definition) is 9. The maximum absolute atomic E-state index is 14.8. The highest BCUT2D eigenvalue weighted by Gasteiger charge is 2.34. The average molecular weight is 501 g/mol. The monoisotopic (exact) mass is 501 g/mol. The van der Waals surface area contributed by atoms with Crippen LogP contribution in [0.25, 0.3) is 22.4 Å². The number of H-pyrrole nitrogens is 1. The van der Waals surface area contributed by atoms with Gasteiger partial charge in [-0.15, -0.1) is 5.10 Å². The van der Waals surface area contributed by atoms with Crippen LogP contribution in [-0.2, 0) is 4.79 Å². The molecule has 1 aliphatic rings. The molecule has 0 spiro atoms. The predicted molar refractivity (Wildman–Crippen MR) is 128 cm³/mol. The van der Waals surface area contributed by atoms with Crippen molar-refractivity contribution in [1.29, 1.82) is 0 Å². The van der Waals surface area contributed by atoms with E-state index in [1.165, 1.54) is 22.0 Å². The van der Waals surface area contributed by atoms with Crippen molar-refractivity contribution in [2.45, 2.75) is 13.0 Å². The number of piperazine rings is 1. The number of carbonyl (C=O) groups is 2. The Hall–Kier alpha value is -5.01. The number of carbonyl (C=O) groups excluding carboxylic acids is 2. The first-order chi connectivity index (χ1) is 18.0. The van der Waals surface area contributed by atoms with Gasteiger partial charge in [-0.2, -0.15) is 4.68 Å².